The Labute approximate surface area is 228 Å². The summed E-state index contributed by atoms with van der Waals surface area (Å²) >= 11 is 7.04. The minimum Gasteiger partial charge on any atom is -0.508 e. The fourth-order valence-electron chi connectivity index (χ4n) is 5.05. The third-order valence-electron chi connectivity index (χ3n) is 6.80. The Morgan fingerprint density at radius 3 is 1.42 bits per heavy atom. The smallest absolute Gasteiger partial charge is 0.129 e. The number of rotatable bonds is 8. The fraction of sp³-hybridized carbons (Fsp3) is 0.200. The second kappa shape index (κ2) is 11.0. The Bertz CT molecular complexity index is 1240. The van der Waals surface area contributed by atoms with Crippen molar-refractivity contribution in [1.82, 2.24) is 0 Å². The zero-order chi connectivity index (χ0) is 25.9. The van der Waals surface area contributed by atoms with Crippen molar-refractivity contribution in [3.05, 3.63) is 116 Å². The van der Waals surface area contributed by atoms with Gasteiger partial charge in [0.25, 0.3) is 0 Å². The normalized spacial score (nSPS) is 11.7. The van der Waals surface area contributed by atoms with Gasteiger partial charge in [-0.25, -0.2) is 0 Å². The second-order valence-electron chi connectivity index (χ2n) is 9.02. The lowest BCUT2D eigenvalue weighted by Gasteiger charge is -2.43. The van der Waals surface area contributed by atoms with Crippen LogP contribution in [0.25, 0.3) is 0 Å². The zero-order valence-electron chi connectivity index (χ0n) is 19.8. The molecule has 4 rings (SSSR count). The van der Waals surface area contributed by atoms with E-state index in [-0.39, 0.29) is 28.9 Å². The molecule has 6 heteroatoms. The molecule has 0 saturated heterocycles. The molecule has 0 aliphatic carbocycles. The van der Waals surface area contributed by atoms with Gasteiger partial charge in [0, 0.05) is 11.3 Å². The summed E-state index contributed by atoms with van der Waals surface area (Å²) in [7, 11) is 0. The molecule has 0 aliphatic heterocycles. The standard InChI is InChI=1S/C30H28Br2O4/c1-2-3-16-30(21-8-14-27(35)25(31)17-21,22-9-15-28(36)26(32)18-22)29(19-4-10-23(33)11-5-19)20-6-12-24(34)13-7-20/h4-15,17-18,29,33-36H,2-3,16H2,1H3. The van der Waals surface area contributed by atoms with Gasteiger partial charge >= 0.3 is 0 Å². The van der Waals surface area contributed by atoms with E-state index in [0.717, 1.165) is 41.5 Å². The molecule has 4 nitrogen and oxygen atoms in total. The first-order valence-electron chi connectivity index (χ1n) is 11.8. The zero-order valence-corrected chi connectivity index (χ0v) is 23.0. The Morgan fingerprint density at radius 2 is 1.06 bits per heavy atom. The molecule has 0 bridgehead atoms. The highest BCUT2D eigenvalue weighted by molar-refractivity contribution is 9.10. The fourth-order valence-corrected chi connectivity index (χ4v) is 5.81. The van der Waals surface area contributed by atoms with Crippen molar-refractivity contribution in [2.45, 2.75) is 37.5 Å². The molecule has 0 heterocycles. The quantitative estimate of drug-likeness (QED) is 0.161. The van der Waals surface area contributed by atoms with Crippen molar-refractivity contribution in [3.63, 3.8) is 0 Å². The van der Waals surface area contributed by atoms with Crippen molar-refractivity contribution < 1.29 is 20.4 Å². The average Bonchev–Trinajstić information content (AvgIpc) is 2.87. The van der Waals surface area contributed by atoms with Crippen LogP contribution in [-0.4, -0.2) is 20.4 Å². The van der Waals surface area contributed by atoms with Gasteiger partial charge in [-0.05, 0) is 109 Å². The van der Waals surface area contributed by atoms with E-state index in [0.29, 0.717) is 8.95 Å². The summed E-state index contributed by atoms with van der Waals surface area (Å²) in [5.74, 6) is 0.448. The van der Waals surface area contributed by atoms with Crippen LogP contribution >= 0.6 is 31.9 Å². The van der Waals surface area contributed by atoms with Crippen LogP contribution in [0.3, 0.4) is 0 Å². The Hall–Kier alpha value is -2.96. The Balaban J connectivity index is 2.13. The second-order valence-corrected chi connectivity index (χ2v) is 10.7. The lowest BCUT2D eigenvalue weighted by molar-refractivity contribution is 0.399. The molecule has 0 atom stereocenters. The van der Waals surface area contributed by atoms with Crippen LogP contribution in [0, 0.1) is 0 Å². The molecule has 0 spiro atoms. The Morgan fingerprint density at radius 1 is 0.639 bits per heavy atom. The van der Waals surface area contributed by atoms with Crippen molar-refractivity contribution in [1.29, 1.82) is 0 Å². The van der Waals surface area contributed by atoms with Crippen LogP contribution in [-0.2, 0) is 5.41 Å². The van der Waals surface area contributed by atoms with Crippen LogP contribution in [0.5, 0.6) is 23.0 Å². The number of halogens is 2. The van der Waals surface area contributed by atoms with Crippen molar-refractivity contribution in [2.24, 2.45) is 0 Å². The molecule has 0 amide bonds. The molecule has 4 N–H and O–H groups in total. The van der Waals surface area contributed by atoms with Crippen molar-refractivity contribution in [3.8, 4) is 23.0 Å². The molecule has 36 heavy (non-hydrogen) atoms. The van der Waals surface area contributed by atoms with Crippen LogP contribution in [0.15, 0.2) is 93.9 Å². The molecular formula is C30H28Br2O4. The molecule has 0 aliphatic rings. The van der Waals surface area contributed by atoms with E-state index in [1.807, 2.05) is 48.5 Å². The van der Waals surface area contributed by atoms with Gasteiger partial charge < -0.3 is 20.4 Å². The summed E-state index contributed by atoms with van der Waals surface area (Å²) in [6.07, 6.45) is 2.66. The van der Waals surface area contributed by atoms with Crippen LogP contribution in [0.2, 0.25) is 0 Å². The number of phenols is 4. The lowest BCUT2D eigenvalue weighted by atomic mass is 9.59. The number of phenolic OH excluding ortho intramolecular Hbond substituents is 4. The van der Waals surface area contributed by atoms with E-state index < -0.39 is 5.41 Å². The van der Waals surface area contributed by atoms with Gasteiger partial charge in [0.2, 0.25) is 0 Å². The third kappa shape index (κ3) is 5.11. The summed E-state index contributed by atoms with van der Waals surface area (Å²) < 4.78 is 1.18. The van der Waals surface area contributed by atoms with E-state index >= 15 is 0 Å². The predicted molar refractivity (Wildman–Crippen MR) is 150 cm³/mol. The maximum Gasteiger partial charge on any atom is 0.129 e. The van der Waals surface area contributed by atoms with Gasteiger partial charge in [0.05, 0.1) is 8.95 Å². The van der Waals surface area contributed by atoms with E-state index in [1.165, 1.54) is 0 Å². The maximum atomic E-state index is 10.3. The summed E-state index contributed by atoms with van der Waals surface area (Å²) in [5.41, 5.74) is 3.33. The maximum absolute atomic E-state index is 10.3. The molecule has 4 aromatic rings. The van der Waals surface area contributed by atoms with E-state index in [9.17, 15) is 20.4 Å². The first-order valence-corrected chi connectivity index (χ1v) is 13.4. The van der Waals surface area contributed by atoms with Crippen molar-refractivity contribution in [2.75, 3.05) is 0 Å². The third-order valence-corrected chi connectivity index (χ3v) is 8.07. The van der Waals surface area contributed by atoms with Gasteiger partial charge in [0.15, 0.2) is 0 Å². The largest absolute Gasteiger partial charge is 0.508 e. The van der Waals surface area contributed by atoms with Crippen LogP contribution < -0.4 is 0 Å². The minimum absolute atomic E-state index is 0.154. The van der Waals surface area contributed by atoms with Gasteiger partial charge in [-0.1, -0.05) is 56.2 Å². The first-order chi connectivity index (χ1) is 17.3. The molecule has 0 aromatic heterocycles. The molecule has 0 radical (unpaired) electrons. The molecule has 186 valence electrons. The monoisotopic (exact) mass is 610 g/mol. The number of aromatic hydroxyl groups is 4. The Kier molecular flexibility index (Phi) is 7.96. The lowest BCUT2D eigenvalue weighted by Crippen LogP contribution is -2.36. The topological polar surface area (TPSA) is 80.9 Å². The summed E-state index contributed by atoms with van der Waals surface area (Å²) in [4.78, 5) is 0. The summed E-state index contributed by atoms with van der Waals surface area (Å²) in [6.45, 7) is 2.15. The highest BCUT2D eigenvalue weighted by Gasteiger charge is 2.44. The van der Waals surface area contributed by atoms with Gasteiger partial charge in [-0.15, -0.1) is 0 Å². The molecule has 4 aromatic carbocycles. The first kappa shape index (κ1) is 26.1. The van der Waals surface area contributed by atoms with Crippen LogP contribution in [0.1, 0.15) is 54.4 Å². The summed E-state index contributed by atoms with van der Waals surface area (Å²) in [5, 5.41) is 40.8. The van der Waals surface area contributed by atoms with Gasteiger partial charge in [0.1, 0.15) is 23.0 Å². The number of unbranched alkanes of at least 4 members (excludes halogenated alkanes) is 1. The molecule has 0 saturated carbocycles. The predicted octanol–water partition coefficient (Wildman–Crippen LogP) is 8.34. The SMILES string of the molecule is CCCCC(c1ccc(O)c(Br)c1)(c1ccc(O)c(Br)c1)C(c1ccc(O)cc1)c1ccc(O)cc1. The van der Waals surface area contributed by atoms with Crippen LogP contribution in [0.4, 0.5) is 0 Å². The minimum atomic E-state index is -0.629. The molecule has 0 unspecified atom stereocenters. The van der Waals surface area contributed by atoms with Crippen molar-refractivity contribution >= 4 is 31.9 Å². The highest BCUT2D eigenvalue weighted by atomic mass is 79.9. The number of benzene rings is 4. The molecule has 0 fully saturated rings. The molecular weight excluding hydrogens is 584 g/mol. The highest BCUT2D eigenvalue weighted by Crippen LogP contribution is 2.53. The number of hydrogen-bond acceptors (Lipinski definition) is 4. The van der Waals surface area contributed by atoms with E-state index in [2.05, 4.69) is 38.8 Å². The van der Waals surface area contributed by atoms with E-state index in [1.54, 1.807) is 36.4 Å². The summed E-state index contributed by atoms with van der Waals surface area (Å²) in [6, 6.07) is 25.7. The van der Waals surface area contributed by atoms with Gasteiger partial charge in [-0.2, -0.15) is 0 Å². The average molecular weight is 612 g/mol. The van der Waals surface area contributed by atoms with E-state index in [4.69, 9.17) is 0 Å². The van der Waals surface area contributed by atoms with Gasteiger partial charge in [-0.3, -0.25) is 0 Å². The number of hydrogen-bond donors (Lipinski definition) is 4.